The molecule has 0 unspecified atom stereocenters. The molecule has 92 valence electrons. The second kappa shape index (κ2) is 4.92. The maximum atomic E-state index is 6.09. The van der Waals surface area contributed by atoms with Crippen molar-refractivity contribution < 1.29 is 4.74 Å². The monoisotopic (exact) mass is 252 g/mol. The first-order chi connectivity index (χ1) is 8.33. The van der Waals surface area contributed by atoms with Crippen LogP contribution >= 0.6 is 11.6 Å². The van der Waals surface area contributed by atoms with Crippen LogP contribution in [0.4, 0.5) is 0 Å². The van der Waals surface area contributed by atoms with Crippen LogP contribution in [0.5, 0.6) is 0 Å². The SMILES string of the molecule is Clc1cc(CN2CCOCC2)c2c(n1)CCC2. The number of fused-ring (bicyclic) bond motifs is 1. The van der Waals surface area contributed by atoms with Crippen molar-refractivity contribution in [2.75, 3.05) is 26.3 Å². The summed E-state index contributed by atoms with van der Waals surface area (Å²) < 4.78 is 5.37. The number of pyridine rings is 1. The lowest BCUT2D eigenvalue weighted by atomic mass is 10.1. The van der Waals surface area contributed by atoms with Gasteiger partial charge in [0.1, 0.15) is 5.15 Å². The Kier molecular flexibility index (Phi) is 3.32. The van der Waals surface area contributed by atoms with E-state index in [-0.39, 0.29) is 0 Å². The topological polar surface area (TPSA) is 25.4 Å². The molecule has 0 atom stereocenters. The lowest BCUT2D eigenvalue weighted by Crippen LogP contribution is -2.35. The minimum Gasteiger partial charge on any atom is -0.379 e. The van der Waals surface area contributed by atoms with Gasteiger partial charge in [-0.2, -0.15) is 0 Å². The highest BCUT2D eigenvalue weighted by molar-refractivity contribution is 6.29. The Balaban J connectivity index is 1.82. The van der Waals surface area contributed by atoms with E-state index in [9.17, 15) is 0 Å². The molecule has 1 aliphatic heterocycles. The van der Waals surface area contributed by atoms with Crippen LogP contribution in [0.1, 0.15) is 23.2 Å². The summed E-state index contributed by atoms with van der Waals surface area (Å²) in [6, 6.07) is 2.04. The number of nitrogens with zero attached hydrogens (tertiary/aromatic N) is 2. The smallest absolute Gasteiger partial charge is 0.129 e. The van der Waals surface area contributed by atoms with Crippen LogP contribution in [-0.4, -0.2) is 36.2 Å². The molecule has 1 saturated heterocycles. The second-order valence-electron chi connectivity index (χ2n) is 4.77. The number of hydrogen-bond acceptors (Lipinski definition) is 3. The fourth-order valence-electron chi connectivity index (χ4n) is 2.73. The predicted molar refractivity (Wildman–Crippen MR) is 67.4 cm³/mol. The van der Waals surface area contributed by atoms with Gasteiger partial charge in [-0.1, -0.05) is 11.6 Å². The third-order valence-corrected chi connectivity index (χ3v) is 3.80. The molecule has 1 fully saturated rings. The Morgan fingerprint density at radius 3 is 2.94 bits per heavy atom. The van der Waals surface area contributed by atoms with Crippen molar-refractivity contribution >= 4 is 11.6 Å². The summed E-state index contributed by atoms with van der Waals surface area (Å²) in [5, 5.41) is 0.647. The molecule has 2 heterocycles. The van der Waals surface area contributed by atoms with Gasteiger partial charge in [-0.25, -0.2) is 4.98 Å². The van der Waals surface area contributed by atoms with Crippen LogP contribution in [-0.2, 0) is 24.1 Å². The molecule has 0 saturated carbocycles. The van der Waals surface area contributed by atoms with Crippen LogP contribution in [0.2, 0.25) is 5.15 Å². The zero-order valence-electron chi connectivity index (χ0n) is 9.91. The molecule has 0 amide bonds. The Hall–Kier alpha value is -0.640. The fraction of sp³-hybridized carbons (Fsp3) is 0.615. The van der Waals surface area contributed by atoms with Gasteiger partial charge in [0.05, 0.1) is 13.2 Å². The molecule has 1 aromatic rings. The number of aryl methyl sites for hydroxylation is 1. The van der Waals surface area contributed by atoms with Gasteiger partial charge in [0.2, 0.25) is 0 Å². The van der Waals surface area contributed by atoms with E-state index in [1.807, 2.05) is 6.07 Å². The first-order valence-electron chi connectivity index (χ1n) is 6.30. The number of hydrogen-bond donors (Lipinski definition) is 0. The molecule has 0 N–H and O–H groups in total. The van der Waals surface area contributed by atoms with Crippen molar-refractivity contribution in [1.82, 2.24) is 9.88 Å². The highest BCUT2D eigenvalue weighted by Crippen LogP contribution is 2.27. The summed E-state index contributed by atoms with van der Waals surface area (Å²) in [6.07, 6.45) is 3.48. The highest BCUT2D eigenvalue weighted by Gasteiger charge is 2.19. The Labute approximate surface area is 107 Å². The van der Waals surface area contributed by atoms with Crippen molar-refractivity contribution in [3.8, 4) is 0 Å². The summed E-state index contributed by atoms with van der Waals surface area (Å²) in [6.45, 7) is 4.74. The van der Waals surface area contributed by atoms with Crippen LogP contribution in [0.15, 0.2) is 6.07 Å². The molecule has 17 heavy (non-hydrogen) atoms. The van der Waals surface area contributed by atoms with Gasteiger partial charge in [0.25, 0.3) is 0 Å². The molecular formula is C13H17ClN2O. The maximum absolute atomic E-state index is 6.09. The molecule has 1 aromatic heterocycles. The van der Waals surface area contributed by atoms with Crippen LogP contribution < -0.4 is 0 Å². The first-order valence-corrected chi connectivity index (χ1v) is 6.68. The maximum Gasteiger partial charge on any atom is 0.129 e. The van der Waals surface area contributed by atoms with E-state index in [1.54, 1.807) is 0 Å². The van der Waals surface area contributed by atoms with E-state index in [0.29, 0.717) is 5.15 Å². The molecular weight excluding hydrogens is 236 g/mol. The molecule has 2 aliphatic rings. The highest BCUT2D eigenvalue weighted by atomic mass is 35.5. The number of morpholine rings is 1. The summed E-state index contributed by atoms with van der Waals surface area (Å²) in [5.74, 6) is 0. The zero-order chi connectivity index (χ0) is 11.7. The van der Waals surface area contributed by atoms with Crippen molar-refractivity contribution in [3.63, 3.8) is 0 Å². The number of ether oxygens (including phenoxy) is 1. The predicted octanol–water partition coefficient (Wildman–Crippen LogP) is 2.06. The second-order valence-corrected chi connectivity index (χ2v) is 5.16. The van der Waals surface area contributed by atoms with Gasteiger partial charge in [-0.15, -0.1) is 0 Å². The van der Waals surface area contributed by atoms with E-state index >= 15 is 0 Å². The van der Waals surface area contributed by atoms with Crippen molar-refractivity contribution in [3.05, 3.63) is 28.0 Å². The Bertz CT molecular complexity index is 416. The van der Waals surface area contributed by atoms with E-state index < -0.39 is 0 Å². The average Bonchev–Trinajstić information content (AvgIpc) is 2.78. The van der Waals surface area contributed by atoms with Crippen molar-refractivity contribution in [2.24, 2.45) is 0 Å². The van der Waals surface area contributed by atoms with E-state index in [4.69, 9.17) is 16.3 Å². The van der Waals surface area contributed by atoms with Crippen LogP contribution in [0.3, 0.4) is 0 Å². The largest absolute Gasteiger partial charge is 0.379 e. The van der Waals surface area contributed by atoms with Crippen LogP contribution in [0, 0.1) is 0 Å². The first kappa shape index (κ1) is 11.5. The lowest BCUT2D eigenvalue weighted by molar-refractivity contribution is 0.0341. The molecule has 0 spiro atoms. The van der Waals surface area contributed by atoms with Crippen molar-refractivity contribution in [2.45, 2.75) is 25.8 Å². The van der Waals surface area contributed by atoms with E-state index in [1.165, 1.54) is 29.7 Å². The molecule has 0 bridgehead atoms. The fourth-order valence-corrected chi connectivity index (χ4v) is 2.96. The van der Waals surface area contributed by atoms with E-state index in [2.05, 4.69) is 9.88 Å². The Morgan fingerprint density at radius 1 is 1.29 bits per heavy atom. The molecule has 1 aliphatic carbocycles. The standard InChI is InChI=1S/C13H17ClN2O/c14-13-8-10(9-16-4-6-17-7-5-16)11-2-1-3-12(11)15-13/h8H,1-7,9H2. The summed E-state index contributed by atoms with van der Waals surface area (Å²) in [4.78, 5) is 6.87. The van der Waals surface area contributed by atoms with Gasteiger partial charge < -0.3 is 4.74 Å². The molecule has 0 aromatic carbocycles. The van der Waals surface area contributed by atoms with E-state index in [0.717, 1.165) is 39.3 Å². The van der Waals surface area contributed by atoms with Crippen molar-refractivity contribution in [1.29, 1.82) is 0 Å². The lowest BCUT2D eigenvalue weighted by Gasteiger charge is -2.27. The number of halogens is 1. The average molecular weight is 253 g/mol. The summed E-state index contributed by atoms with van der Waals surface area (Å²) >= 11 is 6.09. The molecule has 3 nitrogen and oxygen atoms in total. The minimum atomic E-state index is 0.647. The number of aromatic nitrogens is 1. The number of rotatable bonds is 2. The van der Waals surface area contributed by atoms with Gasteiger partial charge in [0, 0.05) is 25.3 Å². The molecule has 3 rings (SSSR count). The molecule has 4 heteroatoms. The minimum absolute atomic E-state index is 0.647. The third-order valence-electron chi connectivity index (χ3n) is 3.61. The summed E-state index contributed by atoms with van der Waals surface area (Å²) in [5.41, 5.74) is 4.04. The van der Waals surface area contributed by atoms with Crippen LogP contribution in [0.25, 0.3) is 0 Å². The van der Waals surface area contributed by atoms with Gasteiger partial charge in [-0.05, 0) is 36.5 Å². The normalized spacial score (nSPS) is 20.5. The third kappa shape index (κ3) is 2.46. The summed E-state index contributed by atoms with van der Waals surface area (Å²) in [7, 11) is 0. The van der Waals surface area contributed by atoms with Gasteiger partial charge >= 0.3 is 0 Å². The van der Waals surface area contributed by atoms with Gasteiger partial charge in [0.15, 0.2) is 0 Å². The Morgan fingerprint density at radius 2 is 2.12 bits per heavy atom. The quantitative estimate of drug-likeness (QED) is 0.754. The zero-order valence-corrected chi connectivity index (χ0v) is 10.7. The van der Waals surface area contributed by atoms with Gasteiger partial charge in [-0.3, -0.25) is 4.90 Å². The molecule has 0 radical (unpaired) electrons.